The number of thioether (sulfide) groups is 1. The zero-order valence-corrected chi connectivity index (χ0v) is 19.5. The summed E-state index contributed by atoms with van der Waals surface area (Å²) in [7, 11) is 0. The fraction of sp³-hybridized carbons (Fsp3) is 0.259. The van der Waals surface area contributed by atoms with E-state index in [9.17, 15) is 9.59 Å². The van der Waals surface area contributed by atoms with Crippen molar-refractivity contribution >= 4 is 35.0 Å². The molecule has 0 aromatic heterocycles. The van der Waals surface area contributed by atoms with Gasteiger partial charge in [0, 0.05) is 11.4 Å². The third kappa shape index (κ3) is 4.58. The van der Waals surface area contributed by atoms with Gasteiger partial charge in [-0.1, -0.05) is 67.1 Å². The van der Waals surface area contributed by atoms with Crippen molar-refractivity contribution in [3.8, 4) is 0 Å². The molecule has 1 heterocycles. The third-order valence-electron chi connectivity index (χ3n) is 5.85. The number of nitrogens with zero attached hydrogens (tertiary/aromatic N) is 1. The summed E-state index contributed by atoms with van der Waals surface area (Å²) >= 11 is 1.62. The fourth-order valence-electron chi connectivity index (χ4n) is 4.26. The molecular weight excluding hydrogens is 416 g/mol. The van der Waals surface area contributed by atoms with Gasteiger partial charge in [0.25, 0.3) is 0 Å². The number of amides is 2. The van der Waals surface area contributed by atoms with Crippen molar-refractivity contribution in [1.82, 2.24) is 0 Å². The molecule has 5 heteroatoms. The minimum Gasteiger partial charge on any atom is -0.326 e. The van der Waals surface area contributed by atoms with Crippen LogP contribution in [0.1, 0.15) is 46.9 Å². The van der Waals surface area contributed by atoms with Crippen LogP contribution in [0.2, 0.25) is 0 Å². The standard InChI is InChI=1S/C27H28N2O2S/c1-4-23(20-9-6-5-7-10-20)26(31)28-22-12-8-11-21(16-22)27-29(25(30)17-32-27)24-14-13-18(2)15-19(24)3/h5-16,23,27H,4,17H2,1-3H3,(H,28,31). The Morgan fingerprint density at radius 1 is 1.06 bits per heavy atom. The van der Waals surface area contributed by atoms with Gasteiger partial charge in [0.1, 0.15) is 5.37 Å². The highest BCUT2D eigenvalue weighted by molar-refractivity contribution is 8.00. The van der Waals surface area contributed by atoms with Crippen LogP contribution in [0, 0.1) is 13.8 Å². The Hall–Kier alpha value is -3.05. The molecule has 1 saturated heterocycles. The van der Waals surface area contributed by atoms with Gasteiger partial charge in [-0.25, -0.2) is 0 Å². The van der Waals surface area contributed by atoms with Crippen LogP contribution < -0.4 is 10.2 Å². The van der Waals surface area contributed by atoms with Crippen molar-refractivity contribution in [2.75, 3.05) is 16.0 Å². The molecule has 3 aromatic carbocycles. The molecule has 1 fully saturated rings. The first-order chi connectivity index (χ1) is 15.5. The van der Waals surface area contributed by atoms with Crippen LogP contribution in [0.25, 0.3) is 0 Å². The highest BCUT2D eigenvalue weighted by atomic mass is 32.2. The average Bonchev–Trinajstić information content (AvgIpc) is 3.16. The number of nitrogens with one attached hydrogen (secondary N) is 1. The first kappa shape index (κ1) is 22.2. The second-order valence-corrected chi connectivity index (χ2v) is 9.27. The number of carbonyl (C=O) groups excluding carboxylic acids is 2. The molecule has 3 aromatic rings. The van der Waals surface area contributed by atoms with Gasteiger partial charge in [0.15, 0.2) is 0 Å². The van der Waals surface area contributed by atoms with Crippen molar-refractivity contribution < 1.29 is 9.59 Å². The average molecular weight is 445 g/mol. The number of benzene rings is 3. The van der Waals surface area contributed by atoms with Crippen molar-refractivity contribution in [3.63, 3.8) is 0 Å². The van der Waals surface area contributed by atoms with Crippen LogP contribution in [-0.2, 0) is 9.59 Å². The molecule has 2 amide bonds. The Labute approximate surface area is 194 Å². The maximum absolute atomic E-state index is 13.0. The van der Waals surface area contributed by atoms with Crippen molar-refractivity contribution in [1.29, 1.82) is 0 Å². The Morgan fingerprint density at radius 3 is 2.56 bits per heavy atom. The SMILES string of the molecule is CCC(C(=O)Nc1cccc(C2SCC(=O)N2c2ccc(C)cc2C)c1)c1ccccc1. The number of anilines is 2. The lowest BCUT2D eigenvalue weighted by Gasteiger charge is -2.26. The van der Waals surface area contributed by atoms with Crippen molar-refractivity contribution in [2.45, 2.75) is 38.5 Å². The predicted octanol–water partition coefficient (Wildman–Crippen LogP) is 6.21. The maximum atomic E-state index is 13.0. The van der Waals surface area contributed by atoms with E-state index in [-0.39, 0.29) is 23.1 Å². The first-order valence-corrected chi connectivity index (χ1v) is 12.0. The lowest BCUT2D eigenvalue weighted by atomic mass is 9.95. The summed E-state index contributed by atoms with van der Waals surface area (Å²) in [6.45, 7) is 6.12. The first-order valence-electron chi connectivity index (χ1n) is 10.9. The van der Waals surface area contributed by atoms with Gasteiger partial charge in [-0.15, -0.1) is 11.8 Å². The van der Waals surface area contributed by atoms with Gasteiger partial charge in [-0.2, -0.15) is 0 Å². The summed E-state index contributed by atoms with van der Waals surface area (Å²) in [6.07, 6.45) is 0.725. The predicted molar refractivity (Wildman–Crippen MR) is 133 cm³/mol. The minimum atomic E-state index is -0.200. The largest absolute Gasteiger partial charge is 0.326 e. The Bertz CT molecular complexity index is 1130. The van der Waals surface area contributed by atoms with Gasteiger partial charge in [-0.05, 0) is 55.2 Å². The minimum absolute atomic E-state index is 0.0164. The highest BCUT2D eigenvalue weighted by Crippen LogP contribution is 2.43. The number of aryl methyl sites for hydroxylation is 2. The maximum Gasteiger partial charge on any atom is 0.238 e. The van der Waals surface area contributed by atoms with Crippen LogP contribution in [0.4, 0.5) is 11.4 Å². The molecule has 4 nitrogen and oxygen atoms in total. The molecular formula is C27H28N2O2S. The quantitative estimate of drug-likeness (QED) is 0.491. The van der Waals surface area contributed by atoms with E-state index in [0.717, 1.165) is 34.5 Å². The van der Waals surface area contributed by atoms with Crippen molar-refractivity contribution in [3.05, 3.63) is 95.1 Å². The second kappa shape index (κ2) is 9.61. The van der Waals surface area contributed by atoms with Gasteiger partial charge >= 0.3 is 0 Å². The van der Waals surface area contributed by atoms with Crippen LogP contribution in [0.5, 0.6) is 0 Å². The van der Waals surface area contributed by atoms with E-state index in [2.05, 4.69) is 18.3 Å². The Kier molecular flexibility index (Phi) is 6.66. The molecule has 0 aliphatic carbocycles. The Balaban J connectivity index is 1.58. The van der Waals surface area contributed by atoms with E-state index in [1.807, 2.05) is 85.5 Å². The van der Waals surface area contributed by atoms with Crippen molar-refractivity contribution in [2.24, 2.45) is 0 Å². The molecule has 2 atom stereocenters. The van der Waals surface area contributed by atoms with Crippen LogP contribution in [-0.4, -0.2) is 17.6 Å². The number of carbonyl (C=O) groups is 2. The molecule has 1 N–H and O–H groups in total. The third-order valence-corrected chi connectivity index (χ3v) is 7.06. The van der Waals surface area contributed by atoms with E-state index in [1.165, 1.54) is 5.56 Å². The van der Waals surface area contributed by atoms with Gasteiger partial charge < -0.3 is 5.32 Å². The van der Waals surface area contributed by atoms with Gasteiger partial charge in [0.05, 0.1) is 11.7 Å². The lowest BCUT2D eigenvalue weighted by molar-refractivity contribution is -0.118. The van der Waals surface area contributed by atoms with Crippen LogP contribution >= 0.6 is 11.8 Å². The molecule has 0 spiro atoms. The van der Waals surface area contributed by atoms with E-state index >= 15 is 0 Å². The van der Waals surface area contributed by atoms with Crippen LogP contribution in [0.3, 0.4) is 0 Å². The van der Waals surface area contributed by atoms with E-state index in [1.54, 1.807) is 11.8 Å². The second-order valence-electron chi connectivity index (χ2n) is 8.20. The van der Waals surface area contributed by atoms with Gasteiger partial charge in [0.2, 0.25) is 11.8 Å². The molecule has 1 aliphatic rings. The fourth-order valence-corrected chi connectivity index (χ4v) is 5.42. The smallest absolute Gasteiger partial charge is 0.238 e. The summed E-state index contributed by atoms with van der Waals surface area (Å²) in [5.41, 5.74) is 5.98. The molecule has 1 aliphatic heterocycles. The summed E-state index contributed by atoms with van der Waals surface area (Å²) in [5, 5.41) is 2.97. The summed E-state index contributed by atoms with van der Waals surface area (Å²) < 4.78 is 0. The highest BCUT2D eigenvalue weighted by Gasteiger charge is 2.35. The van der Waals surface area contributed by atoms with Gasteiger partial charge in [-0.3, -0.25) is 14.5 Å². The molecule has 2 unspecified atom stereocenters. The molecule has 0 saturated carbocycles. The topological polar surface area (TPSA) is 49.4 Å². The number of hydrogen-bond acceptors (Lipinski definition) is 3. The molecule has 164 valence electrons. The molecule has 0 radical (unpaired) electrons. The molecule has 0 bridgehead atoms. The Morgan fingerprint density at radius 2 is 1.84 bits per heavy atom. The zero-order chi connectivity index (χ0) is 22.7. The number of rotatable bonds is 6. The molecule has 4 rings (SSSR count). The van der Waals surface area contributed by atoms with E-state index in [0.29, 0.717) is 5.75 Å². The normalized spacial score (nSPS) is 16.8. The monoisotopic (exact) mass is 444 g/mol. The van der Waals surface area contributed by atoms with Crippen LogP contribution in [0.15, 0.2) is 72.8 Å². The number of hydrogen-bond donors (Lipinski definition) is 1. The zero-order valence-electron chi connectivity index (χ0n) is 18.7. The summed E-state index contributed by atoms with van der Waals surface area (Å²) in [6, 6.07) is 23.9. The van der Waals surface area contributed by atoms with E-state index < -0.39 is 0 Å². The molecule has 32 heavy (non-hydrogen) atoms. The van der Waals surface area contributed by atoms with E-state index in [4.69, 9.17) is 0 Å². The summed E-state index contributed by atoms with van der Waals surface area (Å²) in [5.74, 6) is 0.336. The summed E-state index contributed by atoms with van der Waals surface area (Å²) in [4.78, 5) is 27.7. The lowest BCUT2D eigenvalue weighted by Crippen LogP contribution is -2.28.